The van der Waals surface area contributed by atoms with Crippen LogP contribution in [0, 0.1) is 25.5 Å². The van der Waals surface area contributed by atoms with Gasteiger partial charge in [-0.3, -0.25) is 4.57 Å². The lowest BCUT2D eigenvalue weighted by Gasteiger charge is -2.19. The lowest BCUT2D eigenvalue weighted by atomic mass is 9.92. The number of hydrogen-bond donors (Lipinski definition) is 0. The van der Waals surface area contributed by atoms with Gasteiger partial charge in [-0.05, 0) is 48.9 Å². The second-order valence-electron chi connectivity index (χ2n) is 6.52. The Bertz CT molecular complexity index is 892. The molecule has 0 aliphatic heterocycles. The van der Waals surface area contributed by atoms with Gasteiger partial charge in [-0.1, -0.05) is 32.0 Å². The Morgan fingerprint density at radius 3 is 2.44 bits per heavy atom. The summed E-state index contributed by atoms with van der Waals surface area (Å²) in [7, 11) is 0. The summed E-state index contributed by atoms with van der Waals surface area (Å²) in [6.45, 7) is 8.02. The summed E-state index contributed by atoms with van der Waals surface area (Å²) >= 11 is 0. The number of halogens is 2. The highest BCUT2D eigenvalue weighted by Crippen LogP contribution is 2.35. The predicted octanol–water partition coefficient (Wildman–Crippen LogP) is 5.95. The smallest absolute Gasteiger partial charge is 0.147 e. The highest BCUT2D eigenvalue weighted by Gasteiger charge is 2.22. The molecule has 2 aromatic carbocycles. The molecule has 0 spiro atoms. The Morgan fingerprint density at radius 1 is 1.12 bits per heavy atom. The van der Waals surface area contributed by atoms with Gasteiger partial charge in [0, 0.05) is 18.5 Å². The summed E-state index contributed by atoms with van der Waals surface area (Å²) in [6, 6.07) is 8.39. The fourth-order valence-corrected chi connectivity index (χ4v) is 3.29. The van der Waals surface area contributed by atoms with E-state index in [9.17, 15) is 8.78 Å². The number of aryl methyl sites for hydroxylation is 2. The first-order valence-electron chi connectivity index (χ1n) is 8.53. The molecule has 1 atom stereocenters. The number of para-hydroxylation sites is 1. The molecule has 0 bridgehead atoms. The van der Waals surface area contributed by atoms with Gasteiger partial charge in [0.1, 0.15) is 17.5 Å². The SMILES string of the molecule is CCC(C)c1cc(F)cc(F)c1-c1nccn1-c1c(C)cccc1C. The van der Waals surface area contributed by atoms with E-state index in [-0.39, 0.29) is 5.92 Å². The Kier molecular flexibility index (Phi) is 4.71. The van der Waals surface area contributed by atoms with Gasteiger partial charge in [-0.2, -0.15) is 0 Å². The molecule has 2 nitrogen and oxygen atoms in total. The maximum absolute atomic E-state index is 14.8. The van der Waals surface area contributed by atoms with E-state index in [1.165, 1.54) is 6.07 Å². The lowest BCUT2D eigenvalue weighted by molar-refractivity contribution is 0.575. The van der Waals surface area contributed by atoms with Gasteiger partial charge < -0.3 is 0 Å². The Hall–Kier alpha value is -2.49. The predicted molar refractivity (Wildman–Crippen MR) is 97.1 cm³/mol. The van der Waals surface area contributed by atoms with Crippen molar-refractivity contribution in [2.24, 2.45) is 0 Å². The highest BCUT2D eigenvalue weighted by molar-refractivity contribution is 5.66. The van der Waals surface area contributed by atoms with Crippen molar-refractivity contribution in [3.05, 3.63) is 71.1 Å². The molecule has 0 radical (unpaired) electrons. The largest absolute Gasteiger partial charge is 0.299 e. The molecule has 4 heteroatoms. The van der Waals surface area contributed by atoms with Crippen molar-refractivity contribution in [1.82, 2.24) is 9.55 Å². The van der Waals surface area contributed by atoms with Gasteiger partial charge in [0.05, 0.1) is 11.3 Å². The van der Waals surface area contributed by atoms with E-state index >= 15 is 0 Å². The fourth-order valence-electron chi connectivity index (χ4n) is 3.29. The van der Waals surface area contributed by atoms with E-state index in [4.69, 9.17) is 0 Å². The molecule has 0 fully saturated rings. The first-order valence-corrected chi connectivity index (χ1v) is 8.53. The van der Waals surface area contributed by atoms with Crippen LogP contribution in [0.4, 0.5) is 8.78 Å². The van der Waals surface area contributed by atoms with Crippen LogP contribution < -0.4 is 0 Å². The van der Waals surface area contributed by atoms with E-state index in [2.05, 4.69) is 4.98 Å². The molecule has 1 unspecified atom stereocenters. The molecular formula is C21H22F2N2. The average Bonchev–Trinajstić information content (AvgIpc) is 3.02. The number of hydrogen-bond acceptors (Lipinski definition) is 1. The second-order valence-corrected chi connectivity index (χ2v) is 6.52. The molecule has 0 amide bonds. The van der Waals surface area contributed by atoms with Gasteiger partial charge in [-0.25, -0.2) is 13.8 Å². The van der Waals surface area contributed by atoms with Crippen LogP contribution in [0.15, 0.2) is 42.7 Å². The monoisotopic (exact) mass is 340 g/mol. The standard InChI is InChI=1S/C21H22F2N2/c1-5-13(2)17-11-16(22)12-18(23)19(17)21-24-9-10-25(21)20-14(3)7-6-8-15(20)4/h6-13H,5H2,1-4H3. The Balaban J connectivity index is 2.29. The van der Waals surface area contributed by atoms with Crippen LogP contribution in [-0.4, -0.2) is 9.55 Å². The third kappa shape index (κ3) is 3.09. The van der Waals surface area contributed by atoms with Gasteiger partial charge in [0.15, 0.2) is 0 Å². The van der Waals surface area contributed by atoms with Crippen molar-refractivity contribution < 1.29 is 8.78 Å². The molecule has 3 aromatic rings. The summed E-state index contributed by atoms with van der Waals surface area (Å²) in [4.78, 5) is 4.41. The topological polar surface area (TPSA) is 17.8 Å². The van der Waals surface area contributed by atoms with Crippen molar-refractivity contribution >= 4 is 0 Å². The van der Waals surface area contributed by atoms with Gasteiger partial charge >= 0.3 is 0 Å². The van der Waals surface area contributed by atoms with Crippen LogP contribution in [0.1, 0.15) is 42.9 Å². The van der Waals surface area contributed by atoms with Crippen LogP contribution >= 0.6 is 0 Å². The minimum Gasteiger partial charge on any atom is -0.299 e. The second kappa shape index (κ2) is 6.79. The van der Waals surface area contributed by atoms with E-state index in [0.717, 1.165) is 29.3 Å². The van der Waals surface area contributed by atoms with Crippen molar-refractivity contribution in [1.29, 1.82) is 0 Å². The molecule has 0 saturated carbocycles. The molecule has 0 aliphatic rings. The van der Waals surface area contributed by atoms with Crippen LogP contribution in [-0.2, 0) is 0 Å². The number of nitrogens with zero attached hydrogens (tertiary/aromatic N) is 2. The van der Waals surface area contributed by atoms with Crippen LogP contribution in [0.25, 0.3) is 17.1 Å². The third-order valence-electron chi connectivity index (χ3n) is 4.77. The molecule has 1 aromatic heterocycles. The first-order chi connectivity index (χ1) is 11.9. The molecule has 25 heavy (non-hydrogen) atoms. The third-order valence-corrected chi connectivity index (χ3v) is 4.77. The lowest BCUT2D eigenvalue weighted by Crippen LogP contribution is -2.06. The van der Waals surface area contributed by atoms with E-state index in [1.807, 2.05) is 56.7 Å². The number of benzene rings is 2. The number of rotatable bonds is 4. The van der Waals surface area contributed by atoms with Crippen molar-refractivity contribution in [2.45, 2.75) is 40.0 Å². The molecule has 1 heterocycles. The first kappa shape index (κ1) is 17.3. The molecule has 0 N–H and O–H groups in total. The van der Waals surface area contributed by atoms with Gasteiger partial charge in [0.2, 0.25) is 0 Å². The maximum atomic E-state index is 14.8. The van der Waals surface area contributed by atoms with E-state index in [0.29, 0.717) is 17.0 Å². The van der Waals surface area contributed by atoms with Crippen molar-refractivity contribution in [3.63, 3.8) is 0 Å². The molecule has 130 valence electrons. The normalized spacial score (nSPS) is 12.4. The van der Waals surface area contributed by atoms with E-state index in [1.54, 1.807) is 6.20 Å². The van der Waals surface area contributed by atoms with Crippen molar-refractivity contribution in [3.8, 4) is 17.1 Å². The van der Waals surface area contributed by atoms with Crippen LogP contribution in [0.3, 0.4) is 0 Å². The summed E-state index contributed by atoms with van der Waals surface area (Å²) in [5, 5.41) is 0. The van der Waals surface area contributed by atoms with Gasteiger partial charge in [0.25, 0.3) is 0 Å². The van der Waals surface area contributed by atoms with Crippen LogP contribution in [0.2, 0.25) is 0 Å². The molecule has 3 rings (SSSR count). The minimum atomic E-state index is -0.575. The zero-order valence-corrected chi connectivity index (χ0v) is 15.0. The maximum Gasteiger partial charge on any atom is 0.147 e. The summed E-state index contributed by atoms with van der Waals surface area (Å²) < 4.78 is 30.5. The van der Waals surface area contributed by atoms with E-state index < -0.39 is 11.6 Å². The minimum absolute atomic E-state index is 0.0308. The average molecular weight is 340 g/mol. The quantitative estimate of drug-likeness (QED) is 0.574. The Labute approximate surface area is 147 Å². The summed E-state index contributed by atoms with van der Waals surface area (Å²) in [6.07, 6.45) is 4.28. The van der Waals surface area contributed by atoms with Crippen molar-refractivity contribution in [2.75, 3.05) is 0 Å². The van der Waals surface area contributed by atoms with Gasteiger partial charge in [-0.15, -0.1) is 0 Å². The highest BCUT2D eigenvalue weighted by atomic mass is 19.1. The van der Waals surface area contributed by atoms with Crippen LogP contribution in [0.5, 0.6) is 0 Å². The number of aromatic nitrogens is 2. The summed E-state index contributed by atoms with van der Waals surface area (Å²) in [5.41, 5.74) is 4.16. The molecular weight excluding hydrogens is 318 g/mol. The zero-order chi connectivity index (χ0) is 18.1. The zero-order valence-electron chi connectivity index (χ0n) is 15.0. The fraction of sp³-hybridized carbons (Fsp3) is 0.286. The molecule has 0 aliphatic carbocycles. The molecule has 0 saturated heterocycles. The number of imidazole rings is 1. The Morgan fingerprint density at radius 2 is 1.80 bits per heavy atom. The summed E-state index contributed by atoms with van der Waals surface area (Å²) in [5.74, 6) is -0.593.